The van der Waals surface area contributed by atoms with E-state index >= 15 is 0 Å². The van der Waals surface area contributed by atoms with Crippen molar-refractivity contribution in [1.82, 2.24) is 9.97 Å². The second-order valence-electron chi connectivity index (χ2n) is 3.31. The molecule has 1 heterocycles. The van der Waals surface area contributed by atoms with Crippen LogP contribution in [0.25, 0.3) is 0 Å². The van der Waals surface area contributed by atoms with Crippen LogP contribution in [0.4, 0.5) is 0 Å². The van der Waals surface area contributed by atoms with E-state index in [0.717, 1.165) is 18.2 Å². The van der Waals surface area contributed by atoms with Crippen molar-refractivity contribution < 1.29 is 9.84 Å². The lowest BCUT2D eigenvalue weighted by Gasteiger charge is -2.06. The molecule has 0 amide bonds. The Morgan fingerprint density at radius 1 is 1.43 bits per heavy atom. The summed E-state index contributed by atoms with van der Waals surface area (Å²) in [5, 5.41) is 10.5. The second-order valence-corrected chi connectivity index (χ2v) is 4.10. The van der Waals surface area contributed by atoms with Crippen molar-refractivity contribution in [2.45, 2.75) is 18.4 Å². The van der Waals surface area contributed by atoms with E-state index in [1.165, 1.54) is 0 Å². The van der Waals surface area contributed by atoms with E-state index in [1.54, 1.807) is 12.4 Å². The maximum Gasteiger partial charge on any atom is 0.160 e. The molecule has 1 aliphatic carbocycles. The van der Waals surface area contributed by atoms with Crippen LogP contribution in [0.1, 0.15) is 18.7 Å². The highest BCUT2D eigenvalue weighted by molar-refractivity contribution is 9.09. The predicted octanol–water partition coefficient (Wildman–Crippen LogP) is 1.23. The van der Waals surface area contributed by atoms with Crippen molar-refractivity contribution in [2.24, 2.45) is 0 Å². The summed E-state index contributed by atoms with van der Waals surface area (Å²) in [4.78, 5) is 8.13. The molecule has 1 N–H and O–H groups in total. The molecule has 0 atom stereocenters. The summed E-state index contributed by atoms with van der Waals surface area (Å²) in [5.41, 5.74) is -0.756. The standard InChI is InChI=1S/C9H11BrN2O2/c10-3-4-14-7-5-11-8(12-6-7)9(13)1-2-9/h5-6,13H,1-4H2. The van der Waals surface area contributed by atoms with Gasteiger partial charge in [0.25, 0.3) is 0 Å². The maximum atomic E-state index is 9.69. The normalized spacial score (nSPS) is 17.9. The zero-order valence-corrected chi connectivity index (χ0v) is 9.20. The van der Waals surface area contributed by atoms with Crippen LogP contribution in [-0.4, -0.2) is 27.0 Å². The van der Waals surface area contributed by atoms with Crippen LogP contribution >= 0.6 is 15.9 Å². The van der Waals surface area contributed by atoms with Crippen LogP contribution in [0.2, 0.25) is 0 Å². The lowest BCUT2D eigenvalue weighted by Crippen LogP contribution is -2.10. The predicted molar refractivity (Wildman–Crippen MR) is 54.5 cm³/mol. The average molecular weight is 259 g/mol. The number of alkyl halides is 1. The molecule has 1 aromatic heterocycles. The first-order valence-electron chi connectivity index (χ1n) is 4.48. The summed E-state index contributed by atoms with van der Waals surface area (Å²) in [7, 11) is 0. The van der Waals surface area contributed by atoms with Gasteiger partial charge in [-0.25, -0.2) is 9.97 Å². The van der Waals surface area contributed by atoms with Gasteiger partial charge >= 0.3 is 0 Å². The summed E-state index contributed by atoms with van der Waals surface area (Å²) < 4.78 is 5.29. The van der Waals surface area contributed by atoms with E-state index in [1.807, 2.05) is 0 Å². The molecule has 0 aromatic carbocycles. The van der Waals surface area contributed by atoms with Crippen LogP contribution in [-0.2, 0) is 5.60 Å². The summed E-state index contributed by atoms with van der Waals surface area (Å²) in [6.45, 7) is 0.590. The molecule has 0 saturated heterocycles. The minimum atomic E-state index is -0.756. The molecule has 0 spiro atoms. The molecular weight excluding hydrogens is 248 g/mol. The number of nitrogens with zero attached hydrogens (tertiary/aromatic N) is 2. The third-order valence-electron chi connectivity index (χ3n) is 2.11. The number of hydrogen-bond donors (Lipinski definition) is 1. The van der Waals surface area contributed by atoms with Crippen LogP contribution < -0.4 is 4.74 Å². The first-order valence-corrected chi connectivity index (χ1v) is 5.60. The summed E-state index contributed by atoms with van der Waals surface area (Å²) >= 11 is 3.26. The van der Waals surface area contributed by atoms with Gasteiger partial charge in [0.1, 0.15) is 5.60 Å². The Morgan fingerprint density at radius 2 is 2.07 bits per heavy atom. The fraction of sp³-hybridized carbons (Fsp3) is 0.556. The third-order valence-corrected chi connectivity index (χ3v) is 2.44. The van der Waals surface area contributed by atoms with E-state index in [9.17, 15) is 5.11 Å². The number of aliphatic hydroxyl groups is 1. The van der Waals surface area contributed by atoms with E-state index in [4.69, 9.17) is 4.74 Å². The molecule has 1 aliphatic rings. The molecule has 5 heteroatoms. The fourth-order valence-electron chi connectivity index (χ4n) is 1.13. The van der Waals surface area contributed by atoms with Crippen LogP contribution in [0.5, 0.6) is 5.75 Å². The molecule has 1 aromatic rings. The van der Waals surface area contributed by atoms with E-state index in [-0.39, 0.29) is 0 Å². The number of hydrogen-bond acceptors (Lipinski definition) is 4. The largest absolute Gasteiger partial charge is 0.489 e. The molecule has 4 nitrogen and oxygen atoms in total. The zero-order chi connectivity index (χ0) is 10.0. The highest BCUT2D eigenvalue weighted by atomic mass is 79.9. The Kier molecular flexibility index (Phi) is 2.69. The smallest absolute Gasteiger partial charge is 0.160 e. The van der Waals surface area contributed by atoms with Crippen molar-refractivity contribution in [2.75, 3.05) is 11.9 Å². The minimum absolute atomic E-state index is 0.503. The van der Waals surface area contributed by atoms with E-state index < -0.39 is 5.60 Å². The highest BCUT2D eigenvalue weighted by Gasteiger charge is 2.45. The summed E-state index contributed by atoms with van der Waals surface area (Å²) in [6.07, 6.45) is 4.71. The van der Waals surface area contributed by atoms with Crippen molar-refractivity contribution in [3.63, 3.8) is 0 Å². The monoisotopic (exact) mass is 258 g/mol. The van der Waals surface area contributed by atoms with Crippen molar-refractivity contribution >= 4 is 15.9 Å². The van der Waals surface area contributed by atoms with Crippen LogP contribution in [0.3, 0.4) is 0 Å². The van der Waals surface area contributed by atoms with Gasteiger partial charge in [-0.3, -0.25) is 0 Å². The average Bonchev–Trinajstić information content (AvgIpc) is 2.96. The number of ether oxygens (including phenoxy) is 1. The Hall–Kier alpha value is -0.680. The molecule has 0 unspecified atom stereocenters. The minimum Gasteiger partial charge on any atom is -0.489 e. The zero-order valence-electron chi connectivity index (χ0n) is 7.61. The van der Waals surface area contributed by atoms with Gasteiger partial charge in [-0.05, 0) is 12.8 Å². The first-order chi connectivity index (χ1) is 6.74. The van der Waals surface area contributed by atoms with Gasteiger partial charge in [-0.2, -0.15) is 0 Å². The molecule has 76 valence electrons. The fourth-order valence-corrected chi connectivity index (χ4v) is 1.29. The molecule has 14 heavy (non-hydrogen) atoms. The highest BCUT2D eigenvalue weighted by Crippen LogP contribution is 2.43. The molecular formula is C9H11BrN2O2. The van der Waals surface area contributed by atoms with Crippen molar-refractivity contribution in [3.8, 4) is 5.75 Å². The van der Waals surface area contributed by atoms with Crippen LogP contribution in [0, 0.1) is 0 Å². The Labute approximate surface area is 90.5 Å². The van der Waals surface area contributed by atoms with Gasteiger partial charge in [0.2, 0.25) is 0 Å². The number of aromatic nitrogens is 2. The Morgan fingerprint density at radius 3 is 2.57 bits per heavy atom. The Balaban J connectivity index is 2.03. The van der Waals surface area contributed by atoms with E-state index in [0.29, 0.717) is 18.2 Å². The van der Waals surface area contributed by atoms with Gasteiger partial charge in [0, 0.05) is 5.33 Å². The van der Waals surface area contributed by atoms with Gasteiger partial charge < -0.3 is 9.84 Å². The Bertz CT molecular complexity index is 311. The second kappa shape index (κ2) is 3.82. The quantitative estimate of drug-likeness (QED) is 0.826. The van der Waals surface area contributed by atoms with Crippen LogP contribution in [0.15, 0.2) is 12.4 Å². The first kappa shape index (κ1) is 9.86. The lowest BCUT2D eigenvalue weighted by atomic mass is 10.3. The molecule has 0 bridgehead atoms. The van der Waals surface area contributed by atoms with Gasteiger partial charge in [0.15, 0.2) is 11.6 Å². The molecule has 0 aliphatic heterocycles. The molecule has 1 fully saturated rings. The van der Waals surface area contributed by atoms with Crippen molar-refractivity contribution in [3.05, 3.63) is 18.2 Å². The lowest BCUT2D eigenvalue weighted by molar-refractivity contribution is 0.140. The topological polar surface area (TPSA) is 55.2 Å². The van der Waals surface area contributed by atoms with Crippen molar-refractivity contribution in [1.29, 1.82) is 0 Å². The third kappa shape index (κ3) is 2.04. The summed E-state index contributed by atoms with van der Waals surface area (Å²) in [6, 6.07) is 0. The number of halogens is 1. The van der Waals surface area contributed by atoms with Gasteiger partial charge in [-0.15, -0.1) is 0 Å². The molecule has 1 saturated carbocycles. The summed E-state index contributed by atoms with van der Waals surface area (Å²) in [5.74, 6) is 1.14. The number of rotatable bonds is 4. The molecule has 0 radical (unpaired) electrons. The SMILES string of the molecule is OC1(c2ncc(OCCBr)cn2)CC1. The van der Waals surface area contributed by atoms with Gasteiger partial charge in [-0.1, -0.05) is 15.9 Å². The molecule has 2 rings (SSSR count). The van der Waals surface area contributed by atoms with Gasteiger partial charge in [0.05, 0.1) is 19.0 Å². The van der Waals surface area contributed by atoms with E-state index in [2.05, 4.69) is 25.9 Å². The maximum absolute atomic E-state index is 9.69.